The van der Waals surface area contributed by atoms with Gasteiger partial charge in [0, 0.05) is 18.7 Å². The molecule has 4 rings (SSSR count). The lowest BCUT2D eigenvalue weighted by atomic mass is 10.2. The lowest BCUT2D eigenvalue weighted by Crippen LogP contribution is -2.26. The second-order valence-electron chi connectivity index (χ2n) is 6.91. The van der Waals surface area contributed by atoms with Gasteiger partial charge in [-0.05, 0) is 38.1 Å². The van der Waals surface area contributed by atoms with E-state index in [-0.39, 0.29) is 24.4 Å². The summed E-state index contributed by atoms with van der Waals surface area (Å²) < 4.78 is 3.17. The van der Waals surface area contributed by atoms with Crippen LogP contribution in [-0.4, -0.2) is 25.2 Å². The molecule has 0 saturated carbocycles. The molecule has 7 nitrogen and oxygen atoms in total. The van der Waals surface area contributed by atoms with Crippen LogP contribution in [0.5, 0.6) is 0 Å². The number of hydrogen-bond acceptors (Lipinski definition) is 4. The van der Waals surface area contributed by atoms with Gasteiger partial charge in [0.15, 0.2) is 5.65 Å². The van der Waals surface area contributed by atoms with Gasteiger partial charge in [-0.15, -0.1) is 0 Å². The van der Waals surface area contributed by atoms with Gasteiger partial charge in [0.2, 0.25) is 5.91 Å². The first-order valence-electron chi connectivity index (χ1n) is 9.40. The predicted molar refractivity (Wildman–Crippen MR) is 112 cm³/mol. The van der Waals surface area contributed by atoms with Crippen molar-refractivity contribution in [1.82, 2.24) is 19.3 Å². The largest absolute Gasteiger partial charge is 0.326 e. The predicted octanol–water partition coefficient (Wildman–Crippen LogP) is 3.23. The Morgan fingerprint density at radius 1 is 1.03 bits per heavy atom. The number of aromatic nitrogens is 4. The molecule has 146 valence electrons. The minimum absolute atomic E-state index is 0.153. The first kappa shape index (κ1) is 18.6. The molecule has 2 aromatic carbocycles. The lowest BCUT2D eigenvalue weighted by molar-refractivity contribution is -0.116. The van der Waals surface area contributed by atoms with E-state index in [0.717, 1.165) is 16.9 Å². The normalized spacial score (nSPS) is 11.0. The summed E-state index contributed by atoms with van der Waals surface area (Å²) in [6.45, 7) is 4.01. The minimum atomic E-state index is -0.196. The minimum Gasteiger partial charge on any atom is -0.326 e. The number of hydrogen-bond donors (Lipinski definition) is 1. The van der Waals surface area contributed by atoms with Gasteiger partial charge in [0.1, 0.15) is 11.2 Å². The number of para-hydroxylation sites is 1. The highest BCUT2D eigenvalue weighted by Gasteiger charge is 2.15. The van der Waals surface area contributed by atoms with Crippen LogP contribution >= 0.6 is 0 Å². The molecule has 0 aliphatic carbocycles. The Balaban J connectivity index is 1.56. The van der Waals surface area contributed by atoms with Gasteiger partial charge in [-0.25, -0.2) is 9.67 Å². The van der Waals surface area contributed by atoms with E-state index in [1.54, 1.807) is 11.6 Å². The molecule has 0 saturated heterocycles. The summed E-state index contributed by atoms with van der Waals surface area (Å²) in [5.41, 5.74) is 3.02. The van der Waals surface area contributed by atoms with Crippen LogP contribution in [0.4, 0.5) is 5.69 Å². The summed E-state index contributed by atoms with van der Waals surface area (Å²) in [6.07, 6.45) is 1.70. The zero-order valence-electron chi connectivity index (χ0n) is 16.3. The quantitative estimate of drug-likeness (QED) is 0.570. The molecule has 7 heteroatoms. The van der Waals surface area contributed by atoms with E-state index in [1.165, 1.54) is 10.8 Å². The number of nitrogens with zero attached hydrogens (tertiary/aromatic N) is 4. The lowest BCUT2D eigenvalue weighted by Gasteiger charge is -2.11. The second-order valence-corrected chi connectivity index (χ2v) is 6.91. The molecule has 4 aromatic rings. The maximum absolute atomic E-state index is 12.9. The van der Waals surface area contributed by atoms with Crippen molar-refractivity contribution in [3.63, 3.8) is 0 Å². The smallest absolute Gasteiger partial charge is 0.264 e. The molecule has 29 heavy (non-hydrogen) atoms. The van der Waals surface area contributed by atoms with Gasteiger partial charge >= 0.3 is 0 Å². The molecule has 0 bridgehead atoms. The molecular formula is C22H21N5O2. The molecule has 0 spiro atoms. The van der Waals surface area contributed by atoms with Crippen LogP contribution in [0.2, 0.25) is 0 Å². The van der Waals surface area contributed by atoms with Crippen molar-refractivity contribution in [1.29, 1.82) is 0 Å². The van der Waals surface area contributed by atoms with E-state index in [4.69, 9.17) is 0 Å². The van der Waals surface area contributed by atoms with Crippen LogP contribution in [0.25, 0.3) is 16.7 Å². The van der Waals surface area contributed by atoms with Gasteiger partial charge in [-0.3, -0.25) is 14.2 Å². The fourth-order valence-electron chi connectivity index (χ4n) is 3.20. The van der Waals surface area contributed by atoms with Crippen molar-refractivity contribution in [2.24, 2.45) is 0 Å². The van der Waals surface area contributed by atoms with Gasteiger partial charge in [-0.1, -0.05) is 35.9 Å². The molecule has 0 fully saturated rings. The highest BCUT2D eigenvalue weighted by atomic mass is 16.2. The number of carbonyl (C=O) groups excluding carboxylic acids is 1. The Bertz CT molecular complexity index is 1220. The van der Waals surface area contributed by atoms with Gasteiger partial charge in [0.05, 0.1) is 11.9 Å². The van der Waals surface area contributed by atoms with Crippen molar-refractivity contribution in [2.45, 2.75) is 26.8 Å². The summed E-state index contributed by atoms with van der Waals surface area (Å²) in [7, 11) is 0. The summed E-state index contributed by atoms with van der Waals surface area (Å²) in [5, 5.41) is 7.61. The highest BCUT2D eigenvalue weighted by molar-refractivity contribution is 5.90. The maximum atomic E-state index is 12.9. The molecule has 0 radical (unpaired) electrons. The molecule has 1 amide bonds. The van der Waals surface area contributed by atoms with E-state index in [9.17, 15) is 9.59 Å². The van der Waals surface area contributed by atoms with E-state index < -0.39 is 0 Å². The fraction of sp³-hybridized carbons (Fsp3) is 0.182. The summed E-state index contributed by atoms with van der Waals surface area (Å²) in [4.78, 5) is 29.8. The highest BCUT2D eigenvalue weighted by Crippen LogP contribution is 2.14. The third kappa shape index (κ3) is 3.80. The van der Waals surface area contributed by atoms with E-state index in [0.29, 0.717) is 16.9 Å². The topological polar surface area (TPSA) is 81.8 Å². The Morgan fingerprint density at radius 3 is 2.48 bits per heavy atom. The van der Waals surface area contributed by atoms with Crippen molar-refractivity contribution < 1.29 is 4.79 Å². The van der Waals surface area contributed by atoms with Crippen LogP contribution in [0.3, 0.4) is 0 Å². The zero-order chi connectivity index (χ0) is 20.4. The van der Waals surface area contributed by atoms with Crippen LogP contribution in [0.15, 0.2) is 65.6 Å². The number of fused-ring (bicyclic) bond motifs is 1. The van der Waals surface area contributed by atoms with Crippen LogP contribution in [0, 0.1) is 13.8 Å². The van der Waals surface area contributed by atoms with Gasteiger partial charge < -0.3 is 5.32 Å². The third-order valence-electron chi connectivity index (χ3n) is 4.78. The molecule has 0 aliphatic heterocycles. The average Bonchev–Trinajstić information content (AvgIpc) is 3.14. The van der Waals surface area contributed by atoms with E-state index in [1.807, 2.05) is 61.5 Å². The standard InChI is InChI=1S/C22H21N5O2/c1-15-8-10-17(11-9-15)25-20(28)12-13-26-16(2)24-21-19(22(26)29)14-23-27(21)18-6-4-3-5-7-18/h3-11,14H,12-13H2,1-2H3,(H,25,28). The van der Waals surface area contributed by atoms with E-state index in [2.05, 4.69) is 15.4 Å². The van der Waals surface area contributed by atoms with Crippen molar-refractivity contribution in [3.8, 4) is 5.69 Å². The number of aryl methyl sites for hydroxylation is 2. The summed E-state index contributed by atoms with van der Waals surface area (Å²) in [6, 6.07) is 17.1. The Labute approximate surface area is 167 Å². The fourth-order valence-corrected chi connectivity index (χ4v) is 3.20. The van der Waals surface area contributed by atoms with Crippen LogP contribution < -0.4 is 10.9 Å². The first-order chi connectivity index (χ1) is 14.0. The summed E-state index contributed by atoms with van der Waals surface area (Å²) >= 11 is 0. The molecular weight excluding hydrogens is 366 g/mol. The SMILES string of the molecule is Cc1ccc(NC(=O)CCn2c(C)nc3c(cnn3-c3ccccc3)c2=O)cc1. The molecule has 0 aliphatic rings. The Hall–Kier alpha value is -3.74. The molecule has 2 aromatic heterocycles. The van der Waals surface area contributed by atoms with Crippen molar-refractivity contribution in [2.75, 3.05) is 5.32 Å². The van der Waals surface area contributed by atoms with E-state index >= 15 is 0 Å². The van der Waals surface area contributed by atoms with Crippen LogP contribution in [0.1, 0.15) is 17.8 Å². The van der Waals surface area contributed by atoms with Crippen molar-refractivity contribution in [3.05, 3.63) is 82.5 Å². The number of benzene rings is 2. The molecule has 0 atom stereocenters. The average molecular weight is 387 g/mol. The van der Waals surface area contributed by atoms with Gasteiger partial charge in [0.25, 0.3) is 5.56 Å². The molecule has 2 heterocycles. The first-order valence-corrected chi connectivity index (χ1v) is 9.40. The zero-order valence-corrected chi connectivity index (χ0v) is 16.3. The molecule has 0 unspecified atom stereocenters. The molecule has 1 N–H and O–H groups in total. The Kier molecular flexibility index (Phi) is 4.95. The third-order valence-corrected chi connectivity index (χ3v) is 4.78. The van der Waals surface area contributed by atoms with Crippen molar-refractivity contribution >= 4 is 22.6 Å². The second kappa shape index (κ2) is 7.71. The maximum Gasteiger partial charge on any atom is 0.264 e. The summed E-state index contributed by atoms with van der Waals surface area (Å²) in [5.74, 6) is 0.392. The monoisotopic (exact) mass is 387 g/mol. The number of nitrogens with one attached hydrogen (secondary N) is 1. The van der Waals surface area contributed by atoms with Crippen LogP contribution in [-0.2, 0) is 11.3 Å². The number of amides is 1. The number of rotatable bonds is 5. The number of carbonyl (C=O) groups is 1. The Morgan fingerprint density at radius 2 is 1.76 bits per heavy atom. The number of anilines is 1. The van der Waals surface area contributed by atoms with Gasteiger partial charge in [-0.2, -0.15) is 5.10 Å².